The van der Waals surface area contributed by atoms with Crippen LogP contribution in [0.5, 0.6) is 0 Å². The Morgan fingerprint density at radius 1 is 1.29 bits per heavy atom. The molecule has 0 saturated carbocycles. The number of anilines is 2. The lowest BCUT2D eigenvalue weighted by Crippen LogP contribution is -2.25. The lowest BCUT2D eigenvalue weighted by atomic mass is 10.1. The summed E-state index contributed by atoms with van der Waals surface area (Å²) in [4.78, 5) is 33.9. The molecule has 1 aromatic carbocycles. The van der Waals surface area contributed by atoms with Crippen LogP contribution in [-0.2, 0) is 27.9 Å². The summed E-state index contributed by atoms with van der Waals surface area (Å²) in [6.45, 7) is 1.92. The molecular weight excluding hydrogens is 554 g/mol. The minimum Gasteiger partial charge on any atom is -0.463 e. The van der Waals surface area contributed by atoms with Crippen LogP contribution in [0.25, 0.3) is 0 Å². The van der Waals surface area contributed by atoms with Crippen molar-refractivity contribution in [3.05, 3.63) is 74.7 Å². The topological polar surface area (TPSA) is 153 Å². The van der Waals surface area contributed by atoms with Crippen molar-refractivity contribution in [2.24, 2.45) is 0 Å². The summed E-state index contributed by atoms with van der Waals surface area (Å²) in [6.07, 6.45) is 3.87. The SMILES string of the molecule is C.CS(=O)(=O)O.N=C1OCCN1c1cccc(CN2Cc3cncc(NC(=O)c4ccc(Cl)s4)c3C2=O)c1. The number of fused-ring (bicyclic) bond motifs is 1. The molecule has 5 rings (SSSR count). The highest BCUT2D eigenvalue weighted by Gasteiger charge is 2.31. The van der Waals surface area contributed by atoms with E-state index in [-0.39, 0.29) is 25.3 Å². The maximum Gasteiger partial charge on any atom is 0.289 e. The highest BCUT2D eigenvalue weighted by molar-refractivity contribution is 7.85. The van der Waals surface area contributed by atoms with Crippen molar-refractivity contribution in [2.45, 2.75) is 20.5 Å². The molecule has 0 atom stereocenters. The van der Waals surface area contributed by atoms with Crippen LogP contribution >= 0.6 is 22.9 Å². The number of ether oxygens (including phenoxy) is 1. The fourth-order valence-electron chi connectivity index (χ4n) is 3.86. The van der Waals surface area contributed by atoms with E-state index in [1.54, 1.807) is 28.1 Å². The highest BCUT2D eigenvalue weighted by atomic mass is 35.5. The van der Waals surface area contributed by atoms with E-state index in [1.807, 2.05) is 24.3 Å². The highest BCUT2D eigenvalue weighted by Crippen LogP contribution is 2.31. The lowest BCUT2D eigenvalue weighted by Gasteiger charge is -2.19. The maximum absolute atomic E-state index is 13.2. The van der Waals surface area contributed by atoms with Gasteiger partial charge in [0, 0.05) is 30.5 Å². The Morgan fingerprint density at radius 3 is 2.66 bits per heavy atom. The van der Waals surface area contributed by atoms with Crippen LogP contribution < -0.4 is 10.2 Å². The molecule has 2 amide bonds. The average molecular weight is 580 g/mol. The molecule has 2 aliphatic rings. The first-order chi connectivity index (χ1) is 17.5. The molecule has 0 radical (unpaired) electrons. The molecule has 3 aromatic rings. The Balaban J connectivity index is 0.000000612. The smallest absolute Gasteiger partial charge is 0.289 e. The fraction of sp³-hybridized carbons (Fsp3) is 0.250. The largest absolute Gasteiger partial charge is 0.463 e. The minimum absolute atomic E-state index is 0. The predicted octanol–water partition coefficient (Wildman–Crippen LogP) is 4.12. The number of nitrogens with zero attached hydrogens (tertiary/aromatic N) is 3. The first-order valence-electron chi connectivity index (χ1n) is 10.8. The van der Waals surface area contributed by atoms with Crippen LogP contribution in [-0.4, -0.2) is 60.1 Å². The van der Waals surface area contributed by atoms with Gasteiger partial charge in [0.1, 0.15) is 6.61 Å². The molecule has 202 valence electrons. The third-order valence-electron chi connectivity index (χ3n) is 5.33. The Morgan fingerprint density at radius 2 is 2.03 bits per heavy atom. The molecule has 0 bridgehead atoms. The maximum atomic E-state index is 13.2. The summed E-state index contributed by atoms with van der Waals surface area (Å²) < 4.78 is 31.6. The third kappa shape index (κ3) is 7.07. The van der Waals surface area contributed by atoms with Gasteiger partial charge in [0.2, 0.25) is 0 Å². The van der Waals surface area contributed by atoms with Crippen molar-refractivity contribution in [1.29, 1.82) is 5.41 Å². The molecule has 0 unspecified atom stereocenters. The Labute approximate surface area is 229 Å². The van der Waals surface area contributed by atoms with Crippen molar-refractivity contribution in [3.8, 4) is 0 Å². The summed E-state index contributed by atoms with van der Waals surface area (Å²) in [5.41, 5.74) is 3.42. The molecule has 2 aliphatic heterocycles. The van der Waals surface area contributed by atoms with Gasteiger partial charge in [-0.05, 0) is 29.8 Å². The Hall–Kier alpha value is -3.52. The molecule has 38 heavy (non-hydrogen) atoms. The predicted molar refractivity (Wildman–Crippen MR) is 147 cm³/mol. The molecule has 1 fully saturated rings. The van der Waals surface area contributed by atoms with E-state index in [4.69, 9.17) is 26.3 Å². The third-order valence-corrected chi connectivity index (χ3v) is 6.56. The summed E-state index contributed by atoms with van der Waals surface area (Å²) in [6, 6.07) is 11.2. The van der Waals surface area contributed by atoms with Crippen LogP contribution in [0, 0.1) is 5.41 Å². The molecule has 1 saturated heterocycles. The number of carbonyl (C=O) groups excluding carboxylic acids is 2. The van der Waals surface area contributed by atoms with Gasteiger partial charge in [0.05, 0.1) is 39.5 Å². The van der Waals surface area contributed by atoms with E-state index in [2.05, 4.69) is 10.3 Å². The number of thiophene rings is 1. The molecule has 4 heterocycles. The van der Waals surface area contributed by atoms with Crippen LogP contribution in [0.2, 0.25) is 4.34 Å². The number of halogens is 1. The zero-order chi connectivity index (χ0) is 26.7. The summed E-state index contributed by atoms with van der Waals surface area (Å²) >= 11 is 7.10. The molecule has 0 aliphatic carbocycles. The molecule has 2 aromatic heterocycles. The summed E-state index contributed by atoms with van der Waals surface area (Å²) in [7, 11) is -3.67. The second-order valence-electron chi connectivity index (χ2n) is 8.15. The van der Waals surface area contributed by atoms with Crippen LogP contribution in [0.15, 0.2) is 48.8 Å². The van der Waals surface area contributed by atoms with E-state index in [9.17, 15) is 18.0 Å². The average Bonchev–Trinajstić information content (AvgIpc) is 3.53. The van der Waals surface area contributed by atoms with E-state index < -0.39 is 10.1 Å². The van der Waals surface area contributed by atoms with Crippen molar-refractivity contribution < 1.29 is 27.3 Å². The number of aromatic nitrogens is 1. The number of rotatable bonds is 5. The summed E-state index contributed by atoms with van der Waals surface area (Å²) in [5, 5.41) is 10.7. The van der Waals surface area contributed by atoms with Gasteiger partial charge in [-0.3, -0.25) is 29.4 Å². The normalized spacial score (nSPS) is 14.3. The number of nitrogens with one attached hydrogen (secondary N) is 2. The first-order valence-corrected chi connectivity index (χ1v) is 13.9. The van der Waals surface area contributed by atoms with E-state index in [0.29, 0.717) is 53.0 Å². The second kappa shape index (κ2) is 11.9. The van der Waals surface area contributed by atoms with Gasteiger partial charge in [-0.2, -0.15) is 8.42 Å². The zero-order valence-electron chi connectivity index (χ0n) is 19.5. The van der Waals surface area contributed by atoms with Gasteiger partial charge < -0.3 is 15.0 Å². The Kier molecular flexibility index (Phi) is 9.09. The van der Waals surface area contributed by atoms with Gasteiger partial charge in [-0.15, -0.1) is 11.3 Å². The van der Waals surface area contributed by atoms with Gasteiger partial charge in [0.25, 0.3) is 28.0 Å². The van der Waals surface area contributed by atoms with Crippen LogP contribution in [0.3, 0.4) is 0 Å². The molecule has 14 heteroatoms. The van der Waals surface area contributed by atoms with E-state index >= 15 is 0 Å². The van der Waals surface area contributed by atoms with E-state index in [0.717, 1.165) is 16.8 Å². The number of hydrogen-bond donors (Lipinski definition) is 3. The number of carbonyl (C=O) groups is 2. The van der Waals surface area contributed by atoms with E-state index in [1.165, 1.54) is 17.5 Å². The van der Waals surface area contributed by atoms with Crippen molar-refractivity contribution in [3.63, 3.8) is 0 Å². The molecular formula is C24H26ClN5O6S2. The number of pyridine rings is 1. The fourth-order valence-corrected chi connectivity index (χ4v) is 4.80. The second-order valence-corrected chi connectivity index (χ2v) is 11.3. The number of amides is 2. The lowest BCUT2D eigenvalue weighted by molar-refractivity contribution is 0.0767. The standard InChI is InChI=1S/C22H18ClN5O3S.CH4O3S.CH4/c23-18-5-4-17(32-18)20(29)26-16-10-25-9-14-12-27(21(30)19(14)16)11-13-2-1-3-15(8-13)28-6-7-31-22(28)24;1-5(2,3)4;/h1-5,8-10,24H,6-7,11-12H2,(H,26,29);1H3,(H,2,3,4);1H4. The summed E-state index contributed by atoms with van der Waals surface area (Å²) in [5.74, 6) is -0.490. The van der Waals surface area contributed by atoms with Crippen molar-refractivity contribution in [1.82, 2.24) is 9.88 Å². The first kappa shape index (κ1) is 29.0. The number of hydrogen-bond acceptors (Lipinski definition) is 8. The Bertz CT molecular complexity index is 1470. The van der Waals surface area contributed by atoms with Crippen molar-refractivity contribution in [2.75, 3.05) is 29.6 Å². The number of benzene rings is 1. The molecule has 0 spiro atoms. The zero-order valence-corrected chi connectivity index (χ0v) is 21.9. The molecule has 3 N–H and O–H groups in total. The van der Waals surface area contributed by atoms with Crippen molar-refractivity contribution >= 4 is 62.3 Å². The monoisotopic (exact) mass is 579 g/mol. The van der Waals surface area contributed by atoms with Gasteiger partial charge in [-0.25, -0.2) is 0 Å². The number of amidine groups is 1. The van der Waals surface area contributed by atoms with Crippen LogP contribution in [0.1, 0.15) is 38.6 Å². The quantitative estimate of drug-likeness (QED) is 0.382. The molecule has 11 nitrogen and oxygen atoms in total. The van der Waals surface area contributed by atoms with Crippen LogP contribution in [0.4, 0.5) is 11.4 Å². The van der Waals surface area contributed by atoms with Gasteiger partial charge in [-0.1, -0.05) is 31.2 Å². The minimum atomic E-state index is -3.67. The van der Waals surface area contributed by atoms with Gasteiger partial charge >= 0.3 is 0 Å². The van der Waals surface area contributed by atoms with Gasteiger partial charge in [0.15, 0.2) is 0 Å².